The summed E-state index contributed by atoms with van der Waals surface area (Å²) in [6.07, 6.45) is 6.56. The molecule has 0 aromatic carbocycles. The zero-order valence-electron chi connectivity index (χ0n) is 8.70. The van der Waals surface area contributed by atoms with Gasteiger partial charge in [0.25, 0.3) is 0 Å². The number of hydrogen-bond acceptors (Lipinski definition) is 3. The van der Waals surface area contributed by atoms with Crippen molar-refractivity contribution in [2.45, 2.75) is 33.9 Å². The first-order valence-electron chi connectivity index (χ1n) is 4.72. The Bertz CT molecular complexity index is 263. The van der Waals surface area contributed by atoms with Crippen LogP contribution >= 0.6 is 0 Å². The molecule has 0 saturated heterocycles. The smallest absolute Gasteiger partial charge is 0.139 e. The van der Waals surface area contributed by atoms with Gasteiger partial charge in [-0.15, -0.1) is 0 Å². The van der Waals surface area contributed by atoms with Gasteiger partial charge in [-0.1, -0.05) is 19.9 Å². The Morgan fingerprint density at radius 2 is 2.08 bits per heavy atom. The summed E-state index contributed by atoms with van der Waals surface area (Å²) >= 11 is 0. The number of nitrogens with one attached hydrogen (secondary N) is 1. The number of hydrazone groups is 1. The van der Waals surface area contributed by atoms with E-state index in [0.717, 1.165) is 5.84 Å². The van der Waals surface area contributed by atoms with Crippen molar-refractivity contribution in [1.82, 2.24) is 10.3 Å². The largest absolute Gasteiger partial charge is 0.309 e. The second-order valence-corrected chi connectivity index (χ2v) is 2.87. The van der Waals surface area contributed by atoms with Gasteiger partial charge in [0.05, 0.1) is 0 Å². The predicted octanol–water partition coefficient (Wildman–Crippen LogP) is 2.05. The molecule has 2 aliphatic heterocycles. The highest BCUT2D eigenvalue weighted by Gasteiger charge is 2.22. The molecule has 72 valence electrons. The van der Waals surface area contributed by atoms with E-state index in [1.807, 2.05) is 20.8 Å². The van der Waals surface area contributed by atoms with E-state index in [1.54, 1.807) is 0 Å². The van der Waals surface area contributed by atoms with Crippen LogP contribution in [-0.2, 0) is 0 Å². The first-order chi connectivity index (χ1) is 6.27. The topological polar surface area (TPSA) is 27.6 Å². The highest BCUT2D eigenvalue weighted by molar-refractivity contribution is 5.82. The number of nitrogens with zero attached hydrogens (tertiary/aromatic N) is 2. The second-order valence-electron chi connectivity index (χ2n) is 2.87. The molecule has 0 bridgehead atoms. The highest BCUT2D eigenvalue weighted by atomic mass is 15.5. The maximum atomic E-state index is 4.11. The van der Waals surface area contributed by atoms with E-state index >= 15 is 0 Å². The molecule has 13 heavy (non-hydrogen) atoms. The van der Waals surface area contributed by atoms with Gasteiger partial charge >= 0.3 is 0 Å². The number of fused-ring (bicyclic) bond motifs is 1. The van der Waals surface area contributed by atoms with Crippen LogP contribution in [0.3, 0.4) is 0 Å². The van der Waals surface area contributed by atoms with Gasteiger partial charge in [0, 0.05) is 6.20 Å². The van der Waals surface area contributed by atoms with Crippen molar-refractivity contribution in [1.29, 1.82) is 0 Å². The molecule has 0 spiro atoms. The van der Waals surface area contributed by atoms with E-state index in [-0.39, 0.29) is 6.17 Å². The van der Waals surface area contributed by atoms with Gasteiger partial charge < -0.3 is 4.90 Å². The Hall–Kier alpha value is -1.25. The molecule has 1 N–H and O–H groups in total. The van der Waals surface area contributed by atoms with Crippen LogP contribution in [0.5, 0.6) is 0 Å². The molecule has 0 radical (unpaired) electrons. The van der Waals surface area contributed by atoms with E-state index in [4.69, 9.17) is 0 Å². The number of amidine groups is 1. The number of rotatable bonds is 0. The molecule has 3 nitrogen and oxygen atoms in total. The molecule has 2 aliphatic rings. The van der Waals surface area contributed by atoms with Crippen molar-refractivity contribution in [3.8, 4) is 0 Å². The minimum Gasteiger partial charge on any atom is -0.309 e. The Morgan fingerprint density at radius 1 is 1.38 bits per heavy atom. The second kappa shape index (κ2) is 4.12. The first kappa shape index (κ1) is 9.84. The molecule has 3 heteroatoms. The zero-order valence-corrected chi connectivity index (χ0v) is 8.70. The van der Waals surface area contributed by atoms with Crippen molar-refractivity contribution >= 4 is 5.84 Å². The highest BCUT2D eigenvalue weighted by Crippen LogP contribution is 2.15. The van der Waals surface area contributed by atoms with Gasteiger partial charge in [-0.25, -0.2) is 0 Å². The molecule has 0 amide bonds. The average molecular weight is 179 g/mol. The van der Waals surface area contributed by atoms with Crippen LogP contribution in [-0.4, -0.2) is 16.9 Å². The summed E-state index contributed by atoms with van der Waals surface area (Å²) in [7, 11) is 0. The van der Waals surface area contributed by atoms with Crippen LogP contribution in [0.2, 0.25) is 0 Å². The van der Waals surface area contributed by atoms with Crippen molar-refractivity contribution in [3.63, 3.8) is 0 Å². The van der Waals surface area contributed by atoms with Gasteiger partial charge in [0.15, 0.2) is 0 Å². The van der Waals surface area contributed by atoms with Crippen molar-refractivity contribution in [2.24, 2.45) is 5.10 Å². The Labute approximate surface area is 79.8 Å². The first-order valence-corrected chi connectivity index (χ1v) is 4.72. The summed E-state index contributed by atoms with van der Waals surface area (Å²) < 4.78 is 0. The lowest BCUT2D eigenvalue weighted by Gasteiger charge is -2.23. The third kappa shape index (κ3) is 1.91. The molecular formula is C10H17N3. The predicted molar refractivity (Wildman–Crippen MR) is 56.1 cm³/mol. The summed E-state index contributed by atoms with van der Waals surface area (Å²) in [6, 6.07) is 0. The molecule has 0 aliphatic carbocycles. The van der Waals surface area contributed by atoms with E-state index in [0.29, 0.717) is 0 Å². The molecule has 1 unspecified atom stereocenters. The van der Waals surface area contributed by atoms with Crippen LogP contribution in [0.25, 0.3) is 0 Å². The van der Waals surface area contributed by atoms with Crippen LogP contribution < -0.4 is 5.43 Å². The van der Waals surface area contributed by atoms with Crippen molar-refractivity contribution in [3.05, 3.63) is 23.9 Å². The van der Waals surface area contributed by atoms with Crippen LogP contribution in [0.1, 0.15) is 27.7 Å². The van der Waals surface area contributed by atoms with Gasteiger partial charge in [-0.3, -0.25) is 5.43 Å². The average Bonchev–Trinajstić information content (AvgIpc) is 2.52. The summed E-state index contributed by atoms with van der Waals surface area (Å²) in [5, 5.41) is 4.11. The summed E-state index contributed by atoms with van der Waals surface area (Å²) in [5.74, 6) is 1.03. The van der Waals surface area contributed by atoms with Crippen LogP contribution in [0.4, 0.5) is 0 Å². The summed E-state index contributed by atoms with van der Waals surface area (Å²) in [6.45, 7) is 8.08. The lowest BCUT2D eigenvalue weighted by Crippen LogP contribution is -2.35. The molecule has 0 saturated carbocycles. The molecule has 0 fully saturated rings. The van der Waals surface area contributed by atoms with Crippen LogP contribution in [0.15, 0.2) is 29.0 Å². The molecule has 0 aromatic rings. The fraction of sp³-hybridized carbons (Fsp3) is 0.500. The van der Waals surface area contributed by atoms with Gasteiger partial charge in [0.2, 0.25) is 0 Å². The lowest BCUT2D eigenvalue weighted by molar-refractivity contribution is 0.440. The summed E-state index contributed by atoms with van der Waals surface area (Å²) in [5.41, 5.74) is 4.27. The molecule has 1 atom stereocenters. The molecule has 0 aromatic heterocycles. The Morgan fingerprint density at radius 3 is 2.77 bits per heavy atom. The minimum atomic E-state index is 0.249. The third-order valence-electron chi connectivity index (χ3n) is 1.92. The molecule has 2 rings (SSSR count). The monoisotopic (exact) mass is 179 g/mol. The molecular weight excluding hydrogens is 162 g/mol. The number of allylic oxidation sites excluding steroid dienone is 2. The van der Waals surface area contributed by atoms with Crippen molar-refractivity contribution < 1.29 is 0 Å². The number of hydrogen-bond donors (Lipinski definition) is 1. The maximum Gasteiger partial charge on any atom is 0.139 e. The lowest BCUT2D eigenvalue weighted by atomic mass is 10.2. The van der Waals surface area contributed by atoms with Gasteiger partial charge in [-0.2, -0.15) is 5.10 Å². The van der Waals surface area contributed by atoms with Gasteiger partial charge in [-0.05, 0) is 25.5 Å². The summed E-state index contributed by atoms with van der Waals surface area (Å²) in [4.78, 5) is 2.12. The molecule has 2 heterocycles. The quantitative estimate of drug-likeness (QED) is 0.616. The SMILES string of the molecule is CC.CC1=CN2C(C)=NNC2C=C1. The van der Waals surface area contributed by atoms with Gasteiger partial charge in [0.1, 0.15) is 12.0 Å². The van der Waals surface area contributed by atoms with Crippen LogP contribution in [0, 0.1) is 0 Å². The van der Waals surface area contributed by atoms with Crippen molar-refractivity contribution in [2.75, 3.05) is 0 Å². The Balaban J connectivity index is 0.000000396. The van der Waals surface area contributed by atoms with E-state index in [1.165, 1.54) is 5.57 Å². The maximum absolute atomic E-state index is 4.11. The standard InChI is InChI=1S/C8H11N3.C2H6/c1-6-3-4-8-10-9-7(2)11(8)5-6;1-2/h3-5,8,10H,1-2H3;1-2H3. The fourth-order valence-corrected chi connectivity index (χ4v) is 1.30. The minimum absolute atomic E-state index is 0.249. The third-order valence-corrected chi connectivity index (χ3v) is 1.92. The van der Waals surface area contributed by atoms with E-state index < -0.39 is 0 Å². The normalized spacial score (nSPS) is 23.7. The van der Waals surface area contributed by atoms with E-state index in [9.17, 15) is 0 Å². The fourth-order valence-electron chi connectivity index (χ4n) is 1.30. The van der Waals surface area contributed by atoms with E-state index in [2.05, 4.69) is 40.7 Å². The zero-order chi connectivity index (χ0) is 9.84. The Kier molecular flexibility index (Phi) is 3.12.